The topological polar surface area (TPSA) is 23.8 Å². The molecule has 0 spiro atoms. The first kappa shape index (κ1) is 21.0. The van der Waals surface area contributed by atoms with Crippen LogP contribution in [-0.4, -0.2) is 0 Å². The van der Waals surface area contributed by atoms with E-state index < -0.39 is 11.6 Å². The number of unbranched alkanes of at least 4 members (excludes halogenated alkanes) is 1. The van der Waals surface area contributed by atoms with E-state index in [0.717, 1.165) is 30.2 Å². The first-order chi connectivity index (χ1) is 13.7. The Labute approximate surface area is 168 Å². The van der Waals surface area contributed by atoms with Crippen LogP contribution in [0.3, 0.4) is 0 Å². The van der Waals surface area contributed by atoms with E-state index in [1.807, 2.05) is 0 Å². The van der Waals surface area contributed by atoms with Crippen molar-refractivity contribution in [1.82, 2.24) is 0 Å². The third kappa shape index (κ3) is 6.16. The first-order valence-corrected chi connectivity index (χ1v) is 11.2. The molecule has 0 heterocycles. The number of allylic oxidation sites excluding steroid dienone is 2. The summed E-state index contributed by atoms with van der Waals surface area (Å²) in [6.45, 7) is 0. The molecule has 2 aliphatic rings. The van der Waals surface area contributed by atoms with E-state index in [-0.39, 0.29) is 0 Å². The van der Waals surface area contributed by atoms with Crippen molar-refractivity contribution in [2.45, 2.75) is 83.0 Å². The normalized spacial score (nSPS) is 28.3. The molecule has 3 heteroatoms. The number of nitrogens with zero attached hydrogens (tertiary/aromatic N) is 1. The Morgan fingerprint density at radius 3 is 2.04 bits per heavy atom. The average molecular weight is 386 g/mol. The Morgan fingerprint density at radius 1 is 0.857 bits per heavy atom. The van der Waals surface area contributed by atoms with Crippen LogP contribution in [0.5, 0.6) is 0 Å². The maximum absolute atomic E-state index is 13.5. The standard InChI is InChI=1S/C25H33F2N/c26-24-16-15-23(18-25(24)27)22-13-11-20(12-14-22)5-2-1-4-19-7-9-21(10-8-19)6-3-17-28/h3,6,15-16,18-22H,1-2,4-5,7-14H2/t19-,20-,21-,22-. The lowest BCUT2D eigenvalue weighted by Crippen LogP contribution is -2.14. The van der Waals surface area contributed by atoms with Gasteiger partial charge in [-0.3, -0.25) is 0 Å². The van der Waals surface area contributed by atoms with Crippen molar-refractivity contribution in [3.05, 3.63) is 47.5 Å². The molecule has 2 fully saturated rings. The second kappa shape index (κ2) is 10.7. The van der Waals surface area contributed by atoms with Gasteiger partial charge < -0.3 is 0 Å². The highest BCUT2D eigenvalue weighted by molar-refractivity contribution is 5.22. The molecule has 152 valence electrons. The third-order valence-corrected chi connectivity index (χ3v) is 7.07. The third-order valence-electron chi connectivity index (χ3n) is 7.07. The Balaban J connectivity index is 1.28. The summed E-state index contributed by atoms with van der Waals surface area (Å²) in [7, 11) is 0. The fourth-order valence-corrected chi connectivity index (χ4v) is 5.27. The lowest BCUT2D eigenvalue weighted by molar-refractivity contribution is 0.273. The van der Waals surface area contributed by atoms with Crippen molar-refractivity contribution < 1.29 is 8.78 Å². The summed E-state index contributed by atoms with van der Waals surface area (Å²) in [4.78, 5) is 0. The first-order valence-electron chi connectivity index (χ1n) is 11.2. The molecule has 0 saturated heterocycles. The molecule has 0 atom stereocenters. The van der Waals surface area contributed by atoms with E-state index in [1.165, 1.54) is 76.3 Å². The summed E-state index contributed by atoms with van der Waals surface area (Å²) < 4.78 is 26.6. The van der Waals surface area contributed by atoms with Gasteiger partial charge in [-0.15, -0.1) is 0 Å². The number of halogens is 2. The predicted molar refractivity (Wildman–Crippen MR) is 110 cm³/mol. The molecule has 1 nitrogen and oxygen atoms in total. The molecule has 1 aromatic rings. The molecule has 0 amide bonds. The SMILES string of the molecule is N#CC=C[C@H]1CC[C@H](CCCC[C@H]2CC[C@H](c3ccc(F)c(F)c3)CC2)CC1. The van der Waals surface area contributed by atoms with Crippen molar-refractivity contribution >= 4 is 0 Å². The minimum atomic E-state index is -0.746. The van der Waals surface area contributed by atoms with Crippen LogP contribution in [0.1, 0.15) is 88.5 Å². The Kier molecular flexibility index (Phi) is 8.07. The monoisotopic (exact) mass is 385 g/mol. The van der Waals surface area contributed by atoms with Crippen LogP contribution >= 0.6 is 0 Å². The zero-order valence-corrected chi connectivity index (χ0v) is 16.9. The summed E-state index contributed by atoms with van der Waals surface area (Å²) in [6, 6.07) is 6.52. The molecule has 0 radical (unpaired) electrons. The van der Waals surface area contributed by atoms with Gasteiger partial charge in [0.15, 0.2) is 11.6 Å². The van der Waals surface area contributed by atoms with E-state index >= 15 is 0 Å². The fraction of sp³-hybridized carbons (Fsp3) is 0.640. The Morgan fingerprint density at radius 2 is 1.46 bits per heavy atom. The van der Waals surface area contributed by atoms with Crippen LogP contribution in [0.2, 0.25) is 0 Å². The van der Waals surface area contributed by atoms with Crippen LogP contribution in [-0.2, 0) is 0 Å². The number of hydrogen-bond donors (Lipinski definition) is 0. The van der Waals surface area contributed by atoms with E-state index in [1.54, 1.807) is 12.1 Å². The predicted octanol–water partition coefficient (Wildman–Crippen LogP) is 7.69. The van der Waals surface area contributed by atoms with Crippen molar-refractivity contribution in [2.75, 3.05) is 0 Å². The van der Waals surface area contributed by atoms with Crippen LogP contribution in [0.25, 0.3) is 0 Å². The summed E-state index contributed by atoms with van der Waals surface area (Å²) in [6.07, 6.45) is 18.9. The van der Waals surface area contributed by atoms with Crippen molar-refractivity contribution in [3.8, 4) is 6.07 Å². The molecule has 0 unspecified atom stereocenters. The van der Waals surface area contributed by atoms with E-state index in [4.69, 9.17) is 5.26 Å². The molecule has 0 N–H and O–H groups in total. The molecule has 2 saturated carbocycles. The molecule has 0 aliphatic heterocycles. The van der Waals surface area contributed by atoms with Crippen LogP contribution in [0, 0.1) is 40.7 Å². The highest BCUT2D eigenvalue weighted by Gasteiger charge is 2.23. The molecule has 28 heavy (non-hydrogen) atoms. The Hall–Kier alpha value is -1.69. The maximum Gasteiger partial charge on any atom is 0.159 e. The lowest BCUT2D eigenvalue weighted by atomic mass is 9.76. The minimum absolute atomic E-state index is 0.400. The second-order valence-corrected chi connectivity index (χ2v) is 8.94. The summed E-state index contributed by atoms with van der Waals surface area (Å²) in [5.41, 5.74) is 0.970. The van der Waals surface area contributed by atoms with E-state index in [9.17, 15) is 8.78 Å². The lowest BCUT2D eigenvalue weighted by Gasteiger charge is -2.29. The maximum atomic E-state index is 13.5. The van der Waals surface area contributed by atoms with Gasteiger partial charge >= 0.3 is 0 Å². The van der Waals surface area contributed by atoms with Crippen LogP contribution in [0.4, 0.5) is 8.78 Å². The quantitative estimate of drug-likeness (QED) is 0.349. The van der Waals surface area contributed by atoms with Gasteiger partial charge in [-0.05, 0) is 92.7 Å². The average Bonchev–Trinajstić information content (AvgIpc) is 2.73. The minimum Gasteiger partial charge on any atom is -0.204 e. The summed E-state index contributed by atoms with van der Waals surface area (Å²) in [5, 5.41) is 8.63. The Bertz CT molecular complexity index is 674. The summed E-state index contributed by atoms with van der Waals surface area (Å²) >= 11 is 0. The number of rotatable bonds is 7. The highest BCUT2D eigenvalue weighted by atomic mass is 19.2. The second-order valence-electron chi connectivity index (χ2n) is 8.94. The number of hydrogen-bond acceptors (Lipinski definition) is 1. The number of nitriles is 1. The molecular weight excluding hydrogens is 352 g/mol. The largest absolute Gasteiger partial charge is 0.204 e. The smallest absolute Gasteiger partial charge is 0.159 e. The molecular formula is C25H33F2N. The zero-order valence-electron chi connectivity index (χ0n) is 16.9. The van der Waals surface area contributed by atoms with Gasteiger partial charge in [-0.25, -0.2) is 8.78 Å². The van der Waals surface area contributed by atoms with Gasteiger partial charge in [0.1, 0.15) is 0 Å². The van der Waals surface area contributed by atoms with Gasteiger partial charge in [0, 0.05) is 6.08 Å². The zero-order chi connectivity index (χ0) is 19.8. The molecule has 0 bridgehead atoms. The van der Waals surface area contributed by atoms with Crippen LogP contribution < -0.4 is 0 Å². The van der Waals surface area contributed by atoms with Crippen molar-refractivity contribution in [2.24, 2.45) is 17.8 Å². The fourth-order valence-electron chi connectivity index (χ4n) is 5.27. The van der Waals surface area contributed by atoms with Gasteiger partial charge in [0.25, 0.3) is 0 Å². The van der Waals surface area contributed by atoms with Crippen molar-refractivity contribution in [1.29, 1.82) is 5.26 Å². The molecule has 1 aromatic carbocycles. The van der Waals surface area contributed by atoms with Crippen molar-refractivity contribution in [3.63, 3.8) is 0 Å². The highest BCUT2D eigenvalue weighted by Crippen LogP contribution is 2.38. The van der Waals surface area contributed by atoms with Gasteiger partial charge in [0.05, 0.1) is 6.07 Å². The van der Waals surface area contributed by atoms with Gasteiger partial charge in [0.2, 0.25) is 0 Å². The molecule has 0 aromatic heterocycles. The van der Waals surface area contributed by atoms with E-state index in [0.29, 0.717) is 11.8 Å². The number of benzene rings is 1. The van der Waals surface area contributed by atoms with Gasteiger partial charge in [-0.2, -0.15) is 5.26 Å². The molecule has 2 aliphatic carbocycles. The summed E-state index contributed by atoms with van der Waals surface area (Å²) in [5.74, 6) is 1.26. The van der Waals surface area contributed by atoms with Gasteiger partial charge in [-0.1, -0.05) is 37.8 Å². The molecule has 3 rings (SSSR count). The van der Waals surface area contributed by atoms with Crippen LogP contribution in [0.15, 0.2) is 30.4 Å². The van der Waals surface area contributed by atoms with E-state index in [2.05, 4.69) is 12.1 Å².